The molecule has 0 spiro atoms. The number of Topliss-reactive ketones (excluding diaryl/α,β-unsaturated/α-hetero) is 1. The number of carbonyl (C=O) groups excluding carboxylic acids is 1. The van der Waals surface area contributed by atoms with E-state index in [2.05, 4.69) is 16.0 Å². The summed E-state index contributed by atoms with van der Waals surface area (Å²) in [4.78, 5) is 17.4. The fourth-order valence-corrected chi connectivity index (χ4v) is 2.13. The van der Waals surface area contributed by atoms with Crippen LogP contribution in [0, 0.1) is 12.8 Å². The molecule has 2 radical (unpaired) electrons. The van der Waals surface area contributed by atoms with Crippen molar-refractivity contribution in [2.24, 2.45) is 5.92 Å². The molecule has 0 bridgehead atoms. The predicted octanol–water partition coefficient (Wildman–Crippen LogP) is 1.57. The first kappa shape index (κ1) is 11.3. The number of likely N-dealkylation sites (tertiary alicyclic amines) is 1. The molecule has 1 fully saturated rings. The van der Waals surface area contributed by atoms with Crippen LogP contribution < -0.4 is 0 Å². The molecule has 2 rings (SSSR count). The van der Waals surface area contributed by atoms with Crippen LogP contribution in [0.3, 0.4) is 0 Å². The molecule has 0 saturated carbocycles. The zero-order chi connectivity index (χ0) is 11.4. The van der Waals surface area contributed by atoms with Gasteiger partial charge in [-0.25, -0.2) is 0 Å². The van der Waals surface area contributed by atoms with Gasteiger partial charge in [-0.1, -0.05) is 6.07 Å². The summed E-state index contributed by atoms with van der Waals surface area (Å²) in [7, 11) is 0. The first-order chi connectivity index (χ1) is 7.75. The minimum absolute atomic E-state index is 0.0742. The number of aromatic nitrogens is 1. The van der Waals surface area contributed by atoms with Gasteiger partial charge in [0.05, 0.1) is 0 Å². The van der Waals surface area contributed by atoms with Crippen molar-refractivity contribution < 1.29 is 4.79 Å². The third-order valence-corrected chi connectivity index (χ3v) is 3.12. The van der Waals surface area contributed by atoms with E-state index in [0.717, 1.165) is 32.5 Å². The van der Waals surface area contributed by atoms with Gasteiger partial charge in [0.1, 0.15) is 5.78 Å². The second-order valence-electron chi connectivity index (χ2n) is 4.31. The van der Waals surface area contributed by atoms with Crippen LogP contribution in [0.1, 0.15) is 18.4 Å². The Bertz CT molecular complexity index is 342. The fraction of sp³-hybridized carbons (Fsp3) is 0.462. The summed E-state index contributed by atoms with van der Waals surface area (Å²) < 4.78 is 0. The molecule has 0 N–H and O–H groups in total. The Morgan fingerprint density at radius 3 is 2.81 bits per heavy atom. The summed E-state index contributed by atoms with van der Waals surface area (Å²) in [6, 6.07) is 4.03. The van der Waals surface area contributed by atoms with Crippen molar-refractivity contribution in [2.45, 2.75) is 19.4 Å². The van der Waals surface area contributed by atoms with Gasteiger partial charge in [-0.2, -0.15) is 0 Å². The van der Waals surface area contributed by atoms with Gasteiger partial charge < -0.3 is 0 Å². The lowest BCUT2D eigenvalue weighted by Gasteiger charge is -2.30. The molecular formula is C13H16N2O. The van der Waals surface area contributed by atoms with Crippen molar-refractivity contribution in [1.82, 2.24) is 9.88 Å². The average molecular weight is 216 g/mol. The van der Waals surface area contributed by atoms with Crippen LogP contribution in [-0.2, 0) is 11.3 Å². The summed E-state index contributed by atoms with van der Waals surface area (Å²) in [5, 5.41) is 0. The first-order valence-electron chi connectivity index (χ1n) is 5.66. The fourth-order valence-electron chi connectivity index (χ4n) is 2.13. The Labute approximate surface area is 96.5 Å². The lowest BCUT2D eigenvalue weighted by molar-refractivity contribution is -0.119. The Balaban J connectivity index is 1.84. The van der Waals surface area contributed by atoms with E-state index in [-0.39, 0.29) is 11.7 Å². The predicted molar refractivity (Wildman–Crippen MR) is 61.5 cm³/mol. The Kier molecular flexibility index (Phi) is 3.67. The number of ketones is 1. The van der Waals surface area contributed by atoms with Crippen molar-refractivity contribution in [3.05, 3.63) is 37.0 Å². The van der Waals surface area contributed by atoms with Gasteiger partial charge in [0.25, 0.3) is 0 Å². The molecule has 1 aromatic heterocycles. The van der Waals surface area contributed by atoms with Crippen LogP contribution >= 0.6 is 0 Å². The standard InChI is InChI=1S/C13H16N2O/c1-11(16)13-4-7-15(8-5-13)10-12-3-2-6-14-9-12/h1-3,6,9,13H,4-5,7-8,10H2. The van der Waals surface area contributed by atoms with E-state index < -0.39 is 0 Å². The van der Waals surface area contributed by atoms with Crippen LogP contribution in [-0.4, -0.2) is 28.8 Å². The van der Waals surface area contributed by atoms with E-state index in [4.69, 9.17) is 6.92 Å². The number of hydrogen-bond donors (Lipinski definition) is 0. The zero-order valence-corrected chi connectivity index (χ0v) is 9.30. The Morgan fingerprint density at radius 1 is 1.50 bits per heavy atom. The molecule has 0 amide bonds. The number of piperidine rings is 1. The van der Waals surface area contributed by atoms with E-state index in [1.807, 2.05) is 12.3 Å². The second kappa shape index (κ2) is 5.21. The molecule has 2 heterocycles. The van der Waals surface area contributed by atoms with Gasteiger partial charge in [0.15, 0.2) is 0 Å². The van der Waals surface area contributed by atoms with Crippen LogP contribution in [0.15, 0.2) is 24.5 Å². The number of rotatable bonds is 3. The molecule has 0 aromatic carbocycles. The van der Waals surface area contributed by atoms with Crippen molar-refractivity contribution in [2.75, 3.05) is 13.1 Å². The number of hydrogen-bond acceptors (Lipinski definition) is 3. The summed E-state index contributed by atoms with van der Waals surface area (Å²) in [6.45, 7) is 8.11. The third-order valence-electron chi connectivity index (χ3n) is 3.12. The third kappa shape index (κ3) is 2.89. The van der Waals surface area contributed by atoms with Gasteiger partial charge in [-0.3, -0.25) is 14.7 Å². The SMILES string of the molecule is [CH]C(=O)C1CCN(Cc2cccnc2)CC1. The summed E-state index contributed by atoms with van der Waals surface area (Å²) in [5.41, 5.74) is 1.22. The topological polar surface area (TPSA) is 33.2 Å². The molecule has 1 aliphatic heterocycles. The molecule has 3 heteroatoms. The van der Waals surface area contributed by atoms with Crippen molar-refractivity contribution in [3.63, 3.8) is 0 Å². The molecule has 84 valence electrons. The van der Waals surface area contributed by atoms with Crippen LogP contribution in [0.25, 0.3) is 0 Å². The molecule has 3 nitrogen and oxygen atoms in total. The molecular weight excluding hydrogens is 200 g/mol. The first-order valence-corrected chi connectivity index (χ1v) is 5.66. The van der Waals surface area contributed by atoms with E-state index in [1.54, 1.807) is 6.20 Å². The highest BCUT2D eigenvalue weighted by molar-refractivity contribution is 5.84. The van der Waals surface area contributed by atoms with Gasteiger partial charge in [0.2, 0.25) is 0 Å². The minimum Gasteiger partial charge on any atom is -0.299 e. The average Bonchev–Trinajstić information content (AvgIpc) is 2.31. The molecule has 1 aromatic rings. The van der Waals surface area contributed by atoms with E-state index in [1.165, 1.54) is 5.56 Å². The smallest absolute Gasteiger partial charge is 0.140 e. The van der Waals surface area contributed by atoms with E-state index in [0.29, 0.717) is 0 Å². The van der Waals surface area contributed by atoms with Crippen LogP contribution in [0.4, 0.5) is 0 Å². The summed E-state index contributed by atoms with van der Waals surface area (Å²) in [5.74, 6) is -0.0776. The van der Waals surface area contributed by atoms with Crippen molar-refractivity contribution >= 4 is 5.78 Å². The van der Waals surface area contributed by atoms with Gasteiger partial charge in [0, 0.05) is 31.8 Å². The highest BCUT2D eigenvalue weighted by Gasteiger charge is 2.22. The molecule has 0 aliphatic carbocycles. The molecule has 1 saturated heterocycles. The van der Waals surface area contributed by atoms with Gasteiger partial charge in [-0.05, 0) is 37.6 Å². The highest BCUT2D eigenvalue weighted by Crippen LogP contribution is 2.19. The molecule has 16 heavy (non-hydrogen) atoms. The van der Waals surface area contributed by atoms with Crippen LogP contribution in [0.5, 0.6) is 0 Å². The lowest BCUT2D eigenvalue weighted by atomic mass is 9.93. The largest absolute Gasteiger partial charge is 0.299 e. The normalized spacial score (nSPS) is 18.6. The number of pyridine rings is 1. The van der Waals surface area contributed by atoms with Crippen molar-refractivity contribution in [1.29, 1.82) is 0 Å². The van der Waals surface area contributed by atoms with Gasteiger partial charge in [-0.15, -0.1) is 0 Å². The lowest BCUT2D eigenvalue weighted by Crippen LogP contribution is -2.35. The summed E-state index contributed by atoms with van der Waals surface area (Å²) in [6.07, 6.45) is 5.44. The zero-order valence-electron chi connectivity index (χ0n) is 9.30. The van der Waals surface area contributed by atoms with Crippen molar-refractivity contribution in [3.8, 4) is 0 Å². The maximum absolute atomic E-state index is 11.0. The monoisotopic (exact) mass is 216 g/mol. The second-order valence-corrected chi connectivity index (χ2v) is 4.31. The maximum Gasteiger partial charge on any atom is 0.140 e. The van der Waals surface area contributed by atoms with E-state index >= 15 is 0 Å². The molecule has 1 aliphatic rings. The maximum atomic E-state index is 11.0. The Hall–Kier alpha value is -1.22. The van der Waals surface area contributed by atoms with E-state index in [9.17, 15) is 4.79 Å². The molecule has 0 unspecified atom stereocenters. The quantitative estimate of drug-likeness (QED) is 0.769. The summed E-state index contributed by atoms with van der Waals surface area (Å²) >= 11 is 0. The van der Waals surface area contributed by atoms with Crippen LogP contribution in [0.2, 0.25) is 0 Å². The number of carbonyl (C=O) groups is 1. The molecule has 0 atom stereocenters. The highest BCUT2D eigenvalue weighted by atomic mass is 16.1. The minimum atomic E-state index is -0.152. The Morgan fingerprint density at radius 2 is 2.25 bits per heavy atom. The van der Waals surface area contributed by atoms with Gasteiger partial charge >= 0.3 is 0 Å². The number of nitrogens with zero attached hydrogens (tertiary/aromatic N) is 2.